The number of allylic oxidation sites excluding steroid dienone is 2. The van der Waals surface area contributed by atoms with Crippen LogP contribution in [0.4, 0.5) is 0 Å². The molecule has 1 aliphatic carbocycles. The fraction of sp³-hybridized carbons (Fsp3) is 0.281. The molecule has 1 atom stereocenters. The number of pyridine rings is 1. The molecule has 2 heterocycles. The number of furan rings is 1. The summed E-state index contributed by atoms with van der Waals surface area (Å²) in [6.45, 7) is 9.01. The summed E-state index contributed by atoms with van der Waals surface area (Å²) in [6, 6.07) is 21.5. The predicted molar refractivity (Wildman–Crippen MR) is 143 cm³/mol. The summed E-state index contributed by atoms with van der Waals surface area (Å²) >= 11 is 0. The van der Waals surface area contributed by atoms with E-state index in [1.807, 2.05) is 12.3 Å². The van der Waals surface area contributed by atoms with Crippen molar-refractivity contribution in [1.29, 1.82) is 0 Å². The Bertz CT molecular complexity index is 1480. The van der Waals surface area contributed by atoms with Crippen molar-refractivity contribution in [2.45, 2.75) is 52.4 Å². The molecule has 0 spiro atoms. The minimum atomic E-state index is 0.0619. The first kappa shape index (κ1) is 22.4. The Labute approximate surface area is 202 Å². The molecule has 0 bridgehead atoms. The monoisotopic (exact) mass is 447 g/mol. The molecule has 1 unspecified atom stereocenters. The lowest BCUT2D eigenvalue weighted by atomic mass is 9.81. The summed E-state index contributed by atoms with van der Waals surface area (Å²) in [7, 11) is 0. The lowest BCUT2D eigenvalue weighted by Crippen LogP contribution is -2.31. The molecule has 2 aromatic carbocycles. The van der Waals surface area contributed by atoms with E-state index in [1.54, 1.807) is 0 Å². The molecule has 5 rings (SSSR count). The van der Waals surface area contributed by atoms with Gasteiger partial charge in [0.05, 0.1) is 5.69 Å². The van der Waals surface area contributed by atoms with Crippen molar-refractivity contribution >= 4 is 22.6 Å². The van der Waals surface area contributed by atoms with E-state index in [2.05, 4.69) is 101 Å². The van der Waals surface area contributed by atoms with Crippen LogP contribution in [0.25, 0.3) is 33.7 Å². The zero-order chi connectivity index (χ0) is 23.7. The van der Waals surface area contributed by atoms with E-state index in [0.29, 0.717) is 5.92 Å². The third kappa shape index (κ3) is 4.14. The summed E-state index contributed by atoms with van der Waals surface area (Å²) in [4.78, 5) is 4.89. The van der Waals surface area contributed by atoms with Crippen LogP contribution >= 0.6 is 0 Å². The summed E-state index contributed by atoms with van der Waals surface area (Å²) in [5, 5.41) is 2.40. The van der Waals surface area contributed by atoms with Gasteiger partial charge in [-0.2, -0.15) is 0 Å². The Morgan fingerprint density at radius 2 is 1.79 bits per heavy atom. The van der Waals surface area contributed by atoms with Crippen LogP contribution in [-0.2, 0) is 5.41 Å². The highest BCUT2D eigenvalue weighted by Gasteiger charge is 2.24. The van der Waals surface area contributed by atoms with Crippen LogP contribution < -0.4 is 10.6 Å². The van der Waals surface area contributed by atoms with Gasteiger partial charge < -0.3 is 4.42 Å². The minimum Gasteiger partial charge on any atom is -0.456 e. The van der Waals surface area contributed by atoms with E-state index in [1.165, 1.54) is 32.9 Å². The van der Waals surface area contributed by atoms with E-state index in [9.17, 15) is 0 Å². The fourth-order valence-electron chi connectivity index (χ4n) is 5.13. The second-order valence-electron chi connectivity index (χ2n) is 10.2. The largest absolute Gasteiger partial charge is 0.456 e. The van der Waals surface area contributed by atoms with Crippen LogP contribution in [0.5, 0.6) is 0 Å². The van der Waals surface area contributed by atoms with E-state index >= 15 is 0 Å². The molecule has 0 amide bonds. The number of para-hydroxylation sites is 1. The van der Waals surface area contributed by atoms with Crippen molar-refractivity contribution in [3.05, 3.63) is 101 Å². The molecule has 1 aliphatic rings. The molecule has 0 fully saturated rings. The van der Waals surface area contributed by atoms with E-state index in [0.717, 1.165) is 36.0 Å². The van der Waals surface area contributed by atoms with Gasteiger partial charge in [0.25, 0.3) is 0 Å². The van der Waals surface area contributed by atoms with Crippen molar-refractivity contribution < 1.29 is 4.42 Å². The first-order valence-corrected chi connectivity index (χ1v) is 12.4. The summed E-state index contributed by atoms with van der Waals surface area (Å²) in [6.07, 6.45) is 11.9. The lowest BCUT2D eigenvalue weighted by molar-refractivity contribution is 0.553. The number of hydrogen-bond donors (Lipinski definition) is 0. The molecular weight excluding hydrogens is 414 g/mol. The second kappa shape index (κ2) is 9.10. The molecule has 2 heteroatoms. The van der Waals surface area contributed by atoms with E-state index < -0.39 is 0 Å². The average Bonchev–Trinajstić information content (AvgIpc) is 3.22. The zero-order valence-electron chi connectivity index (χ0n) is 20.6. The molecule has 0 saturated heterocycles. The van der Waals surface area contributed by atoms with Crippen LogP contribution in [0.1, 0.15) is 58.2 Å². The zero-order valence-corrected chi connectivity index (χ0v) is 20.6. The Morgan fingerprint density at radius 1 is 1.00 bits per heavy atom. The van der Waals surface area contributed by atoms with Gasteiger partial charge >= 0.3 is 0 Å². The highest BCUT2D eigenvalue weighted by atomic mass is 16.3. The lowest BCUT2D eigenvalue weighted by Gasteiger charge is -2.24. The molecule has 2 nitrogen and oxygen atoms in total. The summed E-state index contributed by atoms with van der Waals surface area (Å²) in [5.74, 6) is 0.344. The standard InChI is InChI=1S/C32H33NO/c1-5-6-7-12-22-17-18-26-25-14-9-11-16-29(25)34-31(26)30(22)28-21-23(19-20-33-28)24-13-8-10-15-27(24)32(2,3)4/h6-11,13-16,18-22H,5,12,17H2,1-4H3. The second-order valence-corrected chi connectivity index (χ2v) is 10.2. The Hall–Kier alpha value is -3.39. The summed E-state index contributed by atoms with van der Waals surface area (Å²) in [5.41, 5.74) is 8.06. The SMILES string of the molecule is CCC=CCC1CC=c2c(oc3ccccc23)=C1c1cc(-c2ccccc2C(C)(C)C)ccn1. The smallest absolute Gasteiger partial charge is 0.140 e. The van der Waals surface area contributed by atoms with Gasteiger partial charge in [0.15, 0.2) is 0 Å². The quantitative estimate of drug-likeness (QED) is 0.304. The van der Waals surface area contributed by atoms with Gasteiger partial charge in [0, 0.05) is 22.4 Å². The van der Waals surface area contributed by atoms with Crippen molar-refractivity contribution in [2.75, 3.05) is 0 Å². The van der Waals surface area contributed by atoms with Crippen molar-refractivity contribution in [3.8, 4) is 11.1 Å². The Kier molecular flexibility index (Phi) is 6.00. The first-order valence-electron chi connectivity index (χ1n) is 12.4. The van der Waals surface area contributed by atoms with E-state index in [4.69, 9.17) is 9.40 Å². The van der Waals surface area contributed by atoms with Gasteiger partial charge in [-0.05, 0) is 65.5 Å². The van der Waals surface area contributed by atoms with Gasteiger partial charge in [-0.1, -0.05) is 88.4 Å². The Balaban J connectivity index is 1.73. The molecular formula is C32H33NO. The van der Waals surface area contributed by atoms with Crippen molar-refractivity contribution in [1.82, 2.24) is 4.98 Å². The molecule has 0 radical (unpaired) electrons. The number of fused-ring (bicyclic) bond motifs is 3. The van der Waals surface area contributed by atoms with Gasteiger partial charge in [-0.25, -0.2) is 0 Å². The van der Waals surface area contributed by atoms with Gasteiger partial charge in [-0.15, -0.1) is 0 Å². The van der Waals surface area contributed by atoms with Gasteiger partial charge in [-0.3, -0.25) is 4.98 Å². The van der Waals surface area contributed by atoms with Crippen molar-refractivity contribution in [2.24, 2.45) is 5.92 Å². The Morgan fingerprint density at radius 3 is 2.62 bits per heavy atom. The summed E-state index contributed by atoms with van der Waals surface area (Å²) < 4.78 is 6.49. The maximum Gasteiger partial charge on any atom is 0.140 e. The maximum atomic E-state index is 6.49. The number of nitrogens with zero attached hydrogens (tertiary/aromatic N) is 1. The van der Waals surface area contributed by atoms with Crippen LogP contribution in [0, 0.1) is 5.92 Å². The minimum absolute atomic E-state index is 0.0619. The topological polar surface area (TPSA) is 26.0 Å². The third-order valence-corrected chi connectivity index (χ3v) is 6.80. The van der Waals surface area contributed by atoms with E-state index in [-0.39, 0.29) is 5.41 Å². The predicted octanol–water partition coefficient (Wildman–Crippen LogP) is 7.15. The van der Waals surface area contributed by atoms with Crippen molar-refractivity contribution in [3.63, 3.8) is 0 Å². The number of benzene rings is 2. The molecule has 4 aromatic rings. The number of hydrogen-bond acceptors (Lipinski definition) is 2. The number of aromatic nitrogens is 1. The first-order chi connectivity index (χ1) is 16.5. The average molecular weight is 448 g/mol. The van der Waals surface area contributed by atoms with Crippen LogP contribution in [0.3, 0.4) is 0 Å². The van der Waals surface area contributed by atoms with Gasteiger partial charge in [0.1, 0.15) is 11.0 Å². The molecule has 34 heavy (non-hydrogen) atoms. The maximum absolute atomic E-state index is 6.49. The normalized spacial score (nSPS) is 16.1. The molecule has 0 N–H and O–H groups in total. The molecule has 172 valence electrons. The van der Waals surface area contributed by atoms with Gasteiger partial charge in [0.2, 0.25) is 0 Å². The molecule has 2 aromatic heterocycles. The number of rotatable bonds is 5. The van der Waals surface area contributed by atoms with Crippen LogP contribution in [-0.4, -0.2) is 4.98 Å². The molecule has 0 aliphatic heterocycles. The third-order valence-electron chi connectivity index (χ3n) is 6.80. The fourth-order valence-corrected chi connectivity index (χ4v) is 5.13. The highest BCUT2D eigenvalue weighted by Crippen LogP contribution is 2.35. The molecule has 0 saturated carbocycles. The highest BCUT2D eigenvalue weighted by molar-refractivity contribution is 5.82. The van der Waals surface area contributed by atoms with Crippen LogP contribution in [0.2, 0.25) is 0 Å². The van der Waals surface area contributed by atoms with Crippen LogP contribution in [0.15, 0.2) is 83.4 Å².